The number of aliphatic hydroxyl groups is 8. The molecule has 2 fully saturated rings. The largest absolute Gasteiger partial charge is 0.394 e. The fourth-order valence-electron chi connectivity index (χ4n) is 2.64. The Hall–Kier alpha value is -0.0500. The molecular formula is C12H22O10S. The highest BCUT2D eigenvalue weighted by atomic mass is 32.2. The zero-order valence-electron chi connectivity index (χ0n) is 12.0. The van der Waals surface area contributed by atoms with E-state index in [1.165, 1.54) is 0 Å². The van der Waals surface area contributed by atoms with E-state index in [-0.39, 0.29) is 0 Å². The maximum Gasteiger partial charge on any atom is 0.182 e. The molecule has 0 aromatic heterocycles. The number of hydrogen-bond donors (Lipinski definition) is 8. The Bertz CT molecular complexity index is 353. The topological polar surface area (TPSA) is 180 Å². The molecule has 0 radical (unpaired) electrons. The lowest BCUT2D eigenvalue weighted by atomic mass is 10.0. The van der Waals surface area contributed by atoms with Crippen LogP contribution in [0.3, 0.4) is 0 Å². The van der Waals surface area contributed by atoms with Crippen LogP contribution in [0.5, 0.6) is 0 Å². The van der Waals surface area contributed by atoms with Gasteiger partial charge in [0, 0.05) is 0 Å². The first-order chi connectivity index (χ1) is 10.8. The lowest BCUT2D eigenvalue weighted by Gasteiger charge is -2.45. The fourth-order valence-corrected chi connectivity index (χ4v) is 4.26. The minimum atomic E-state index is -1.67. The first kappa shape index (κ1) is 19.3. The minimum Gasteiger partial charge on any atom is -0.394 e. The predicted octanol–water partition coefficient (Wildman–Crippen LogP) is -4.68. The minimum absolute atomic E-state index is 0.608. The molecule has 10 nitrogen and oxygen atoms in total. The van der Waals surface area contributed by atoms with Crippen molar-refractivity contribution in [1.82, 2.24) is 0 Å². The van der Waals surface area contributed by atoms with Crippen LogP contribution in [0.2, 0.25) is 0 Å². The molecule has 2 rings (SSSR count). The zero-order valence-corrected chi connectivity index (χ0v) is 12.8. The lowest BCUT2D eigenvalue weighted by molar-refractivity contribution is -0.252. The summed E-state index contributed by atoms with van der Waals surface area (Å²) in [4.78, 5) is 0. The van der Waals surface area contributed by atoms with Gasteiger partial charge in [0.1, 0.15) is 24.4 Å². The molecule has 0 bridgehead atoms. The normalized spacial score (nSPS) is 51.7. The predicted molar refractivity (Wildman–Crippen MR) is 75.1 cm³/mol. The molecule has 0 unspecified atom stereocenters. The van der Waals surface area contributed by atoms with Crippen LogP contribution in [0.15, 0.2) is 0 Å². The van der Waals surface area contributed by atoms with Crippen molar-refractivity contribution in [3.63, 3.8) is 0 Å². The van der Waals surface area contributed by atoms with E-state index in [0.717, 1.165) is 11.8 Å². The van der Waals surface area contributed by atoms with E-state index < -0.39 is 72.9 Å². The Balaban J connectivity index is 2.16. The SMILES string of the molecule is OC[C@H]1O[C@@H](O)[C@H](O)[C@@H](S[C@@H]2[C@@H](O)[C@@H](O)O[C@H](CO)[C@H]2O)[C@@H]1O. The Morgan fingerprint density at radius 2 is 0.957 bits per heavy atom. The second kappa shape index (κ2) is 7.89. The smallest absolute Gasteiger partial charge is 0.182 e. The maximum atomic E-state index is 10.1. The monoisotopic (exact) mass is 358 g/mol. The van der Waals surface area contributed by atoms with Crippen molar-refractivity contribution in [2.45, 2.75) is 59.7 Å². The number of aliphatic hydroxyl groups excluding tert-OH is 8. The molecule has 0 amide bonds. The van der Waals surface area contributed by atoms with Crippen LogP contribution in [0, 0.1) is 0 Å². The summed E-state index contributed by atoms with van der Waals surface area (Å²) < 4.78 is 9.70. The third-order valence-corrected chi connectivity index (χ3v) is 5.74. The summed E-state index contributed by atoms with van der Waals surface area (Å²) in [5, 5.41) is 75.5. The number of thioether (sulfide) groups is 1. The molecule has 11 heteroatoms. The Morgan fingerprint density at radius 1 is 0.609 bits per heavy atom. The maximum absolute atomic E-state index is 10.1. The average molecular weight is 358 g/mol. The van der Waals surface area contributed by atoms with Gasteiger partial charge in [0.2, 0.25) is 0 Å². The first-order valence-corrected chi connectivity index (χ1v) is 8.02. The molecule has 0 saturated carbocycles. The number of hydrogen-bond acceptors (Lipinski definition) is 11. The van der Waals surface area contributed by atoms with Gasteiger partial charge in [-0.15, -0.1) is 11.8 Å². The van der Waals surface area contributed by atoms with E-state index >= 15 is 0 Å². The molecule has 2 saturated heterocycles. The molecule has 136 valence electrons. The highest BCUT2D eigenvalue weighted by Gasteiger charge is 2.50. The van der Waals surface area contributed by atoms with Gasteiger partial charge in [0.05, 0.1) is 35.9 Å². The van der Waals surface area contributed by atoms with Crippen molar-refractivity contribution in [1.29, 1.82) is 0 Å². The first-order valence-electron chi connectivity index (χ1n) is 7.08. The van der Waals surface area contributed by atoms with E-state index in [4.69, 9.17) is 19.7 Å². The summed E-state index contributed by atoms with van der Waals surface area (Å²) in [6.45, 7) is -1.22. The van der Waals surface area contributed by atoms with Crippen LogP contribution in [0.25, 0.3) is 0 Å². The molecule has 2 heterocycles. The molecular weight excluding hydrogens is 336 g/mol. The van der Waals surface area contributed by atoms with Gasteiger partial charge in [-0.25, -0.2) is 0 Å². The van der Waals surface area contributed by atoms with Gasteiger partial charge in [-0.05, 0) is 0 Å². The van der Waals surface area contributed by atoms with Crippen LogP contribution in [0.1, 0.15) is 0 Å². The standard InChI is InChI=1S/C12H22O10S/c13-1-3-5(15)9(7(17)11(19)21-3)23-10-6(16)4(2-14)22-12(20)8(10)18/h3-20H,1-2H2/t3-,4-,5-,6-,7-,8-,9+,10+,11-,12+/m1/s1. The average Bonchev–Trinajstić information content (AvgIpc) is 2.53. The Kier molecular flexibility index (Phi) is 6.61. The zero-order chi connectivity index (χ0) is 17.3. The van der Waals surface area contributed by atoms with E-state index in [1.54, 1.807) is 0 Å². The van der Waals surface area contributed by atoms with E-state index in [1.807, 2.05) is 0 Å². The summed E-state index contributed by atoms with van der Waals surface area (Å²) in [5.74, 6) is 0. The highest BCUT2D eigenvalue weighted by Crippen LogP contribution is 2.37. The van der Waals surface area contributed by atoms with Gasteiger partial charge in [-0.2, -0.15) is 0 Å². The third kappa shape index (κ3) is 3.80. The van der Waals surface area contributed by atoms with Crippen LogP contribution in [0.4, 0.5) is 0 Å². The van der Waals surface area contributed by atoms with E-state index in [9.17, 15) is 30.6 Å². The van der Waals surface area contributed by atoms with Crippen molar-refractivity contribution in [2.24, 2.45) is 0 Å². The van der Waals surface area contributed by atoms with Crippen molar-refractivity contribution in [2.75, 3.05) is 13.2 Å². The summed E-state index contributed by atoms with van der Waals surface area (Å²) >= 11 is 0.717. The number of rotatable bonds is 4. The number of ether oxygens (including phenoxy) is 2. The second-order valence-corrected chi connectivity index (χ2v) is 6.88. The van der Waals surface area contributed by atoms with Gasteiger partial charge < -0.3 is 50.3 Å². The quantitative estimate of drug-likeness (QED) is 0.242. The molecule has 0 aliphatic carbocycles. The van der Waals surface area contributed by atoms with Crippen molar-refractivity contribution in [3.05, 3.63) is 0 Å². The summed E-state index contributed by atoms with van der Waals surface area (Å²) in [6.07, 6.45) is -11.5. The van der Waals surface area contributed by atoms with Gasteiger partial charge in [0.25, 0.3) is 0 Å². The molecule has 0 aromatic rings. The third-order valence-electron chi connectivity index (χ3n) is 4.00. The second-order valence-electron chi connectivity index (χ2n) is 5.52. The van der Waals surface area contributed by atoms with E-state index in [2.05, 4.69) is 0 Å². The molecule has 8 N–H and O–H groups in total. The Morgan fingerprint density at radius 3 is 1.26 bits per heavy atom. The van der Waals surface area contributed by atoms with Crippen molar-refractivity contribution in [3.8, 4) is 0 Å². The lowest BCUT2D eigenvalue weighted by Crippen LogP contribution is -2.61. The van der Waals surface area contributed by atoms with Crippen LogP contribution < -0.4 is 0 Å². The molecule has 2 aliphatic rings. The van der Waals surface area contributed by atoms with Crippen LogP contribution in [-0.4, -0.2) is 114 Å². The van der Waals surface area contributed by atoms with Crippen LogP contribution in [-0.2, 0) is 9.47 Å². The van der Waals surface area contributed by atoms with Gasteiger partial charge in [0.15, 0.2) is 12.6 Å². The van der Waals surface area contributed by atoms with Crippen LogP contribution >= 0.6 is 11.8 Å². The molecule has 2 aliphatic heterocycles. The summed E-state index contributed by atoms with van der Waals surface area (Å²) in [5.41, 5.74) is 0. The Labute approximate surface area is 135 Å². The molecule has 10 atom stereocenters. The molecule has 0 aromatic carbocycles. The summed E-state index contributed by atoms with van der Waals surface area (Å²) in [7, 11) is 0. The van der Waals surface area contributed by atoms with Gasteiger partial charge in [-0.1, -0.05) is 0 Å². The highest BCUT2D eigenvalue weighted by molar-refractivity contribution is 8.00. The van der Waals surface area contributed by atoms with Crippen molar-refractivity contribution < 1.29 is 50.3 Å². The van der Waals surface area contributed by atoms with Gasteiger partial charge in [-0.3, -0.25) is 0 Å². The summed E-state index contributed by atoms with van der Waals surface area (Å²) in [6, 6.07) is 0. The molecule has 23 heavy (non-hydrogen) atoms. The van der Waals surface area contributed by atoms with E-state index in [0.29, 0.717) is 0 Å². The van der Waals surface area contributed by atoms with Gasteiger partial charge >= 0.3 is 0 Å². The molecule has 0 spiro atoms. The fraction of sp³-hybridized carbons (Fsp3) is 1.00. The van der Waals surface area contributed by atoms with Crippen molar-refractivity contribution >= 4 is 11.8 Å².